The molecule has 0 aliphatic carbocycles. The molecule has 23 heavy (non-hydrogen) atoms. The number of phenols is 1. The van der Waals surface area contributed by atoms with Crippen molar-refractivity contribution in [3.63, 3.8) is 0 Å². The SMILES string of the molecule is Oc1c(CCc2ccccc2)cccc1CCc1ccccc1. The van der Waals surface area contributed by atoms with E-state index in [1.54, 1.807) is 0 Å². The molecular weight excluding hydrogens is 280 g/mol. The van der Waals surface area contributed by atoms with Crippen molar-refractivity contribution in [3.05, 3.63) is 101 Å². The summed E-state index contributed by atoms with van der Waals surface area (Å²) in [5, 5.41) is 10.5. The van der Waals surface area contributed by atoms with Crippen molar-refractivity contribution in [2.45, 2.75) is 25.7 Å². The summed E-state index contributed by atoms with van der Waals surface area (Å²) in [7, 11) is 0. The Kier molecular flexibility index (Phi) is 5.10. The molecule has 0 heterocycles. The fraction of sp³-hybridized carbons (Fsp3) is 0.182. The van der Waals surface area contributed by atoms with Gasteiger partial charge >= 0.3 is 0 Å². The van der Waals surface area contributed by atoms with Crippen LogP contribution in [0, 0.1) is 0 Å². The normalized spacial score (nSPS) is 10.6. The molecule has 0 saturated carbocycles. The maximum Gasteiger partial charge on any atom is 0.121 e. The van der Waals surface area contributed by atoms with Crippen LogP contribution in [-0.4, -0.2) is 5.11 Å². The molecule has 1 N–H and O–H groups in total. The van der Waals surface area contributed by atoms with Crippen molar-refractivity contribution < 1.29 is 5.11 Å². The molecule has 3 rings (SSSR count). The second kappa shape index (κ2) is 7.64. The highest BCUT2D eigenvalue weighted by Crippen LogP contribution is 2.25. The predicted molar refractivity (Wildman–Crippen MR) is 95.8 cm³/mol. The second-order valence-electron chi connectivity index (χ2n) is 5.90. The molecule has 0 aliphatic rings. The summed E-state index contributed by atoms with van der Waals surface area (Å²) >= 11 is 0. The van der Waals surface area contributed by atoms with Crippen LogP contribution < -0.4 is 0 Å². The molecule has 1 heteroatoms. The van der Waals surface area contributed by atoms with Gasteiger partial charge in [0.2, 0.25) is 0 Å². The third kappa shape index (κ3) is 4.23. The smallest absolute Gasteiger partial charge is 0.121 e. The van der Waals surface area contributed by atoms with E-state index in [9.17, 15) is 5.11 Å². The van der Waals surface area contributed by atoms with Gasteiger partial charge in [-0.3, -0.25) is 0 Å². The Bertz CT molecular complexity index is 671. The van der Waals surface area contributed by atoms with Crippen molar-refractivity contribution in [2.75, 3.05) is 0 Å². The molecule has 3 aromatic carbocycles. The van der Waals surface area contributed by atoms with Gasteiger partial charge in [0, 0.05) is 0 Å². The van der Waals surface area contributed by atoms with Gasteiger partial charge in [-0.05, 0) is 47.9 Å². The zero-order valence-corrected chi connectivity index (χ0v) is 13.3. The summed E-state index contributed by atoms with van der Waals surface area (Å²) in [5.74, 6) is 0.472. The number of aryl methyl sites for hydroxylation is 4. The zero-order valence-electron chi connectivity index (χ0n) is 13.3. The molecule has 0 fully saturated rings. The molecule has 0 spiro atoms. The molecule has 0 aromatic heterocycles. The molecule has 0 radical (unpaired) electrons. The van der Waals surface area contributed by atoms with Gasteiger partial charge in [0.05, 0.1) is 0 Å². The van der Waals surface area contributed by atoms with Crippen LogP contribution in [0.25, 0.3) is 0 Å². The molecule has 0 atom stereocenters. The van der Waals surface area contributed by atoms with E-state index in [4.69, 9.17) is 0 Å². The Morgan fingerprint density at radius 2 is 0.913 bits per heavy atom. The van der Waals surface area contributed by atoms with Crippen molar-refractivity contribution in [2.24, 2.45) is 0 Å². The minimum atomic E-state index is 0.472. The molecule has 116 valence electrons. The summed E-state index contributed by atoms with van der Waals surface area (Å²) in [6.45, 7) is 0. The van der Waals surface area contributed by atoms with Crippen LogP contribution in [-0.2, 0) is 25.7 Å². The molecule has 3 aromatic rings. The lowest BCUT2D eigenvalue weighted by Gasteiger charge is -2.10. The second-order valence-corrected chi connectivity index (χ2v) is 5.90. The number of hydrogen-bond acceptors (Lipinski definition) is 1. The van der Waals surface area contributed by atoms with Crippen molar-refractivity contribution >= 4 is 0 Å². The highest BCUT2D eigenvalue weighted by molar-refractivity contribution is 5.41. The highest BCUT2D eigenvalue weighted by Gasteiger charge is 2.07. The Hall–Kier alpha value is -2.54. The van der Waals surface area contributed by atoms with Crippen LogP contribution in [0.5, 0.6) is 5.75 Å². The minimum Gasteiger partial charge on any atom is -0.507 e. The van der Waals surface area contributed by atoms with Gasteiger partial charge in [-0.15, -0.1) is 0 Å². The Labute approximate surface area is 138 Å². The molecule has 0 amide bonds. The first-order valence-corrected chi connectivity index (χ1v) is 8.20. The van der Waals surface area contributed by atoms with E-state index in [1.807, 2.05) is 24.3 Å². The fourth-order valence-electron chi connectivity index (χ4n) is 2.90. The lowest BCUT2D eigenvalue weighted by molar-refractivity contribution is 0.460. The number of hydrogen-bond donors (Lipinski definition) is 1. The molecule has 0 unspecified atom stereocenters. The van der Waals surface area contributed by atoms with E-state index < -0.39 is 0 Å². The molecule has 1 nitrogen and oxygen atoms in total. The average molecular weight is 302 g/mol. The van der Waals surface area contributed by atoms with Gasteiger partial charge in [0.15, 0.2) is 0 Å². The first-order valence-electron chi connectivity index (χ1n) is 8.20. The zero-order chi connectivity index (χ0) is 15.9. The maximum atomic E-state index is 10.5. The standard InChI is InChI=1S/C22H22O/c23-22-20(16-14-18-8-3-1-4-9-18)12-7-13-21(22)17-15-19-10-5-2-6-11-19/h1-13,23H,14-17H2. The van der Waals surface area contributed by atoms with Crippen molar-refractivity contribution in [1.82, 2.24) is 0 Å². The van der Waals surface area contributed by atoms with Gasteiger partial charge in [0.1, 0.15) is 5.75 Å². The molecule has 0 aliphatic heterocycles. The molecule has 0 saturated heterocycles. The number of phenolic OH excluding ortho intramolecular Hbond substituents is 1. The summed E-state index contributed by atoms with van der Waals surface area (Å²) in [6, 6.07) is 27.0. The van der Waals surface area contributed by atoms with E-state index in [2.05, 4.69) is 54.6 Å². The quantitative estimate of drug-likeness (QED) is 0.682. The van der Waals surface area contributed by atoms with Gasteiger partial charge in [0.25, 0.3) is 0 Å². The number of aromatic hydroxyl groups is 1. The summed E-state index contributed by atoms with van der Waals surface area (Å²) in [4.78, 5) is 0. The Morgan fingerprint density at radius 3 is 1.35 bits per heavy atom. The Morgan fingerprint density at radius 1 is 0.478 bits per heavy atom. The van der Waals surface area contributed by atoms with E-state index in [0.717, 1.165) is 36.8 Å². The van der Waals surface area contributed by atoms with Crippen LogP contribution in [0.2, 0.25) is 0 Å². The summed E-state index contributed by atoms with van der Waals surface area (Å²) < 4.78 is 0. The Balaban J connectivity index is 1.66. The van der Waals surface area contributed by atoms with Gasteiger partial charge < -0.3 is 5.11 Å². The van der Waals surface area contributed by atoms with E-state index >= 15 is 0 Å². The van der Waals surface area contributed by atoms with Crippen LogP contribution in [0.3, 0.4) is 0 Å². The summed E-state index contributed by atoms with van der Waals surface area (Å²) in [5.41, 5.74) is 4.70. The number of para-hydroxylation sites is 1. The van der Waals surface area contributed by atoms with E-state index in [0.29, 0.717) is 5.75 Å². The van der Waals surface area contributed by atoms with Gasteiger partial charge in [-0.2, -0.15) is 0 Å². The number of rotatable bonds is 6. The third-order valence-electron chi connectivity index (χ3n) is 4.25. The third-order valence-corrected chi connectivity index (χ3v) is 4.25. The molecule has 0 bridgehead atoms. The topological polar surface area (TPSA) is 20.2 Å². The maximum absolute atomic E-state index is 10.5. The van der Waals surface area contributed by atoms with Gasteiger partial charge in [-0.25, -0.2) is 0 Å². The van der Waals surface area contributed by atoms with Crippen LogP contribution in [0.15, 0.2) is 78.9 Å². The lowest BCUT2D eigenvalue weighted by atomic mass is 9.98. The first kappa shape index (κ1) is 15.4. The van der Waals surface area contributed by atoms with Gasteiger partial charge in [-0.1, -0.05) is 78.9 Å². The van der Waals surface area contributed by atoms with E-state index in [1.165, 1.54) is 11.1 Å². The van der Waals surface area contributed by atoms with Crippen molar-refractivity contribution in [3.8, 4) is 5.75 Å². The number of benzene rings is 3. The largest absolute Gasteiger partial charge is 0.507 e. The monoisotopic (exact) mass is 302 g/mol. The fourth-order valence-corrected chi connectivity index (χ4v) is 2.90. The van der Waals surface area contributed by atoms with E-state index in [-0.39, 0.29) is 0 Å². The van der Waals surface area contributed by atoms with Crippen LogP contribution in [0.4, 0.5) is 0 Å². The van der Waals surface area contributed by atoms with Crippen LogP contribution in [0.1, 0.15) is 22.3 Å². The minimum absolute atomic E-state index is 0.472. The average Bonchev–Trinajstić information content (AvgIpc) is 2.61. The van der Waals surface area contributed by atoms with Crippen LogP contribution >= 0.6 is 0 Å². The van der Waals surface area contributed by atoms with Crippen molar-refractivity contribution in [1.29, 1.82) is 0 Å². The molecular formula is C22H22O. The predicted octanol–water partition coefficient (Wildman–Crippen LogP) is 4.96. The highest BCUT2D eigenvalue weighted by atomic mass is 16.3. The summed E-state index contributed by atoms with van der Waals surface area (Å²) in [6.07, 6.45) is 3.65. The first-order chi connectivity index (χ1) is 11.3. The lowest BCUT2D eigenvalue weighted by Crippen LogP contribution is -1.96.